The van der Waals surface area contributed by atoms with E-state index in [-0.39, 0.29) is 23.3 Å². The zero-order valence-electron chi connectivity index (χ0n) is 11.8. The van der Waals surface area contributed by atoms with Gasteiger partial charge in [-0.1, -0.05) is 0 Å². The molecule has 1 heterocycles. The highest BCUT2D eigenvalue weighted by molar-refractivity contribution is 7.89. The highest BCUT2D eigenvalue weighted by Gasteiger charge is 2.35. The fourth-order valence-electron chi connectivity index (χ4n) is 2.14. The number of piperazine rings is 1. The van der Waals surface area contributed by atoms with Gasteiger partial charge >= 0.3 is 0 Å². The molecule has 0 saturated carbocycles. The van der Waals surface area contributed by atoms with E-state index in [0.717, 1.165) is 0 Å². The average molecular weight is 311 g/mol. The maximum Gasteiger partial charge on any atom is 0.243 e. The number of hydrogen-bond donors (Lipinski definition) is 2. The summed E-state index contributed by atoms with van der Waals surface area (Å²) >= 11 is 0. The zero-order chi connectivity index (χ0) is 15.6. The summed E-state index contributed by atoms with van der Waals surface area (Å²) in [7, 11) is -3.73. The lowest BCUT2D eigenvalue weighted by atomic mass is 10.2. The lowest BCUT2D eigenvalue weighted by molar-refractivity contribution is -0.126. The van der Waals surface area contributed by atoms with Crippen LogP contribution in [0.15, 0.2) is 29.2 Å². The monoisotopic (exact) mass is 311 g/mol. The number of rotatable bonds is 3. The number of anilines is 1. The number of nitrogens with zero attached hydrogens (tertiary/aromatic N) is 1. The number of benzene rings is 1. The molecule has 1 aliphatic heterocycles. The molecule has 7 nitrogen and oxygen atoms in total. The second-order valence-corrected chi connectivity index (χ2v) is 6.68. The van der Waals surface area contributed by atoms with Crippen molar-refractivity contribution in [3.63, 3.8) is 0 Å². The predicted molar refractivity (Wildman–Crippen MR) is 77.1 cm³/mol. The van der Waals surface area contributed by atoms with Crippen molar-refractivity contribution in [2.24, 2.45) is 0 Å². The van der Waals surface area contributed by atoms with E-state index >= 15 is 0 Å². The second kappa shape index (κ2) is 5.82. The molecule has 1 saturated heterocycles. The summed E-state index contributed by atoms with van der Waals surface area (Å²) in [5.41, 5.74) is 0.519. The normalized spacial score (nSPS) is 19.9. The predicted octanol–water partition coefficient (Wildman–Crippen LogP) is 0.154. The summed E-state index contributed by atoms with van der Waals surface area (Å²) in [6, 6.07) is 5.13. The van der Waals surface area contributed by atoms with Crippen LogP contribution < -0.4 is 10.6 Å². The van der Waals surface area contributed by atoms with E-state index in [1.807, 2.05) is 0 Å². The molecule has 21 heavy (non-hydrogen) atoms. The minimum absolute atomic E-state index is 0.0955. The van der Waals surface area contributed by atoms with E-state index in [1.165, 1.54) is 35.5 Å². The molecule has 1 unspecified atom stereocenters. The van der Waals surface area contributed by atoms with Crippen molar-refractivity contribution in [1.82, 2.24) is 9.62 Å². The molecule has 1 aliphatic rings. The van der Waals surface area contributed by atoms with Crippen molar-refractivity contribution in [3.05, 3.63) is 24.3 Å². The third-order valence-electron chi connectivity index (χ3n) is 3.22. The minimum atomic E-state index is -3.73. The van der Waals surface area contributed by atoms with Crippen molar-refractivity contribution in [2.75, 3.05) is 18.4 Å². The van der Waals surface area contributed by atoms with Crippen LogP contribution in [0.2, 0.25) is 0 Å². The molecular formula is C13H17N3O4S. The van der Waals surface area contributed by atoms with Gasteiger partial charge in [0.1, 0.15) is 6.04 Å². The van der Waals surface area contributed by atoms with Gasteiger partial charge < -0.3 is 10.6 Å². The highest BCUT2D eigenvalue weighted by atomic mass is 32.2. The van der Waals surface area contributed by atoms with Gasteiger partial charge in [-0.05, 0) is 31.2 Å². The fraction of sp³-hybridized carbons (Fsp3) is 0.385. The smallest absolute Gasteiger partial charge is 0.243 e. The van der Waals surface area contributed by atoms with Gasteiger partial charge in [0.15, 0.2) is 0 Å². The van der Waals surface area contributed by atoms with Crippen LogP contribution in [0.1, 0.15) is 13.8 Å². The highest BCUT2D eigenvalue weighted by Crippen LogP contribution is 2.21. The number of nitrogens with one attached hydrogen (secondary N) is 2. The molecule has 1 aromatic rings. The van der Waals surface area contributed by atoms with Crippen LogP contribution in [0.5, 0.6) is 0 Å². The van der Waals surface area contributed by atoms with Gasteiger partial charge in [-0.2, -0.15) is 4.31 Å². The Bertz CT molecular complexity index is 654. The summed E-state index contributed by atoms with van der Waals surface area (Å²) in [5.74, 6) is -0.536. The van der Waals surface area contributed by atoms with Gasteiger partial charge in [0.25, 0.3) is 0 Å². The topological polar surface area (TPSA) is 95.6 Å². The van der Waals surface area contributed by atoms with Crippen molar-refractivity contribution >= 4 is 27.5 Å². The molecular weight excluding hydrogens is 294 g/mol. The molecule has 8 heteroatoms. The zero-order valence-corrected chi connectivity index (χ0v) is 12.6. The van der Waals surface area contributed by atoms with Gasteiger partial charge in [0.2, 0.25) is 21.8 Å². The standard InChI is InChI=1S/C13H17N3O4S/c1-9-13(18)14-7-8-16(9)21(19,20)12-5-3-11(4-6-12)15-10(2)17/h3-6,9H,7-8H2,1-2H3,(H,14,18)(H,15,17). The first-order chi connectivity index (χ1) is 9.82. The molecule has 2 N–H and O–H groups in total. The van der Waals surface area contributed by atoms with Crippen LogP contribution in [-0.4, -0.2) is 43.7 Å². The third-order valence-corrected chi connectivity index (χ3v) is 5.21. The Labute approximate surface area is 123 Å². The fourth-order valence-corrected chi connectivity index (χ4v) is 3.73. The molecule has 0 bridgehead atoms. The van der Waals surface area contributed by atoms with Crippen molar-refractivity contribution < 1.29 is 18.0 Å². The Morgan fingerprint density at radius 1 is 1.33 bits per heavy atom. The van der Waals surface area contributed by atoms with E-state index in [0.29, 0.717) is 12.2 Å². The lowest BCUT2D eigenvalue weighted by Gasteiger charge is -2.31. The molecule has 1 aromatic carbocycles. The van der Waals surface area contributed by atoms with Gasteiger partial charge in [-0.3, -0.25) is 9.59 Å². The molecule has 1 fully saturated rings. The average Bonchev–Trinajstić information content (AvgIpc) is 2.41. The Morgan fingerprint density at radius 3 is 2.52 bits per heavy atom. The van der Waals surface area contributed by atoms with E-state index < -0.39 is 16.1 Å². The van der Waals surface area contributed by atoms with E-state index in [2.05, 4.69) is 10.6 Å². The quantitative estimate of drug-likeness (QED) is 0.831. The third kappa shape index (κ3) is 3.22. The summed E-state index contributed by atoms with van der Waals surface area (Å²) in [6.45, 7) is 3.46. The largest absolute Gasteiger partial charge is 0.353 e. The SMILES string of the molecule is CC(=O)Nc1ccc(S(=O)(=O)N2CCNC(=O)C2C)cc1. The Morgan fingerprint density at radius 2 is 1.95 bits per heavy atom. The van der Waals surface area contributed by atoms with E-state index in [4.69, 9.17) is 0 Å². The molecule has 1 atom stereocenters. The Hall–Kier alpha value is -1.93. The Balaban J connectivity index is 2.27. The van der Waals surface area contributed by atoms with Crippen LogP contribution in [0.3, 0.4) is 0 Å². The molecule has 0 spiro atoms. The van der Waals surface area contributed by atoms with Gasteiger partial charge in [0.05, 0.1) is 4.90 Å². The van der Waals surface area contributed by atoms with Crippen molar-refractivity contribution in [3.8, 4) is 0 Å². The number of carbonyl (C=O) groups excluding carboxylic acids is 2. The number of sulfonamides is 1. The molecule has 0 aliphatic carbocycles. The van der Waals surface area contributed by atoms with Crippen LogP contribution in [0, 0.1) is 0 Å². The summed E-state index contributed by atoms with van der Waals surface area (Å²) < 4.78 is 26.3. The molecule has 0 radical (unpaired) electrons. The summed E-state index contributed by atoms with van der Waals surface area (Å²) in [4.78, 5) is 22.6. The molecule has 2 rings (SSSR count). The first-order valence-corrected chi connectivity index (χ1v) is 7.93. The van der Waals surface area contributed by atoms with Crippen LogP contribution in [0.25, 0.3) is 0 Å². The first-order valence-electron chi connectivity index (χ1n) is 6.49. The van der Waals surface area contributed by atoms with Crippen molar-refractivity contribution in [1.29, 1.82) is 0 Å². The van der Waals surface area contributed by atoms with Gasteiger partial charge in [-0.25, -0.2) is 8.42 Å². The summed E-state index contributed by atoms with van der Waals surface area (Å²) in [6.07, 6.45) is 0. The maximum atomic E-state index is 12.5. The number of amides is 2. The minimum Gasteiger partial charge on any atom is -0.353 e. The van der Waals surface area contributed by atoms with Gasteiger partial charge in [0, 0.05) is 25.7 Å². The number of hydrogen-bond acceptors (Lipinski definition) is 4. The van der Waals surface area contributed by atoms with Crippen LogP contribution in [-0.2, 0) is 19.6 Å². The maximum absolute atomic E-state index is 12.5. The van der Waals surface area contributed by atoms with Crippen molar-refractivity contribution in [2.45, 2.75) is 24.8 Å². The van der Waals surface area contributed by atoms with Gasteiger partial charge in [-0.15, -0.1) is 0 Å². The van der Waals surface area contributed by atoms with Crippen LogP contribution >= 0.6 is 0 Å². The molecule has 2 amide bonds. The number of carbonyl (C=O) groups is 2. The second-order valence-electron chi connectivity index (χ2n) is 4.79. The first kappa shape index (κ1) is 15.5. The lowest BCUT2D eigenvalue weighted by Crippen LogP contribution is -2.55. The van der Waals surface area contributed by atoms with E-state index in [1.54, 1.807) is 6.92 Å². The van der Waals surface area contributed by atoms with Crippen LogP contribution in [0.4, 0.5) is 5.69 Å². The molecule has 0 aromatic heterocycles. The Kier molecular flexibility index (Phi) is 4.29. The molecule has 114 valence electrons. The summed E-state index contributed by atoms with van der Waals surface area (Å²) in [5, 5.41) is 5.19. The van der Waals surface area contributed by atoms with E-state index in [9.17, 15) is 18.0 Å².